The quantitative estimate of drug-likeness (QED) is 0.834. The van der Waals surface area contributed by atoms with Gasteiger partial charge in [0.25, 0.3) is 0 Å². The van der Waals surface area contributed by atoms with Crippen molar-refractivity contribution in [2.24, 2.45) is 5.92 Å². The third-order valence-corrected chi connectivity index (χ3v) is 5.37. The predicted molar refractivity (Wildman–Crippen MR) is 72.7 cm³/mol. The summed E-state index contributed by atoms with van der Waals surface area (Å²) in [6.45, 7) is 5.18. The number of nitrogens with two attached hydrogens (primary N) is 1. The molecule has 0 spiro atoms. The first-order valence-electron chi connectivity index (χ1n) is 6.27. The molecule has 100 valence electrons. The van der Waals surface area contributed by atoms with Crippen LogP contribution in [0.3, 0.4) is 0 Å². The molecule has 1 aromatic carbocycles. The van der Waals surface area contributed by atoms with Gasteiger partial charge in [-0.25, -0.2) is 8.42 Å². The number of nitrogen functional groups attached to an aromatic ring is 1. The molecule has 0 saturated carbocycles. The van der Waals surface area contributed by atoms with Gasteiger partial charge < -0.3 is 5.73 Å². The van der Waals surface area contributed by atoms with Crippen LogP contribution in [0, 0.1) is 12.8 Å². The van der Waals surface area contributed by atoms with Crippen molar-refractivity contribution >= 4 is 15.7 Å². The lowest BCUT2D eigenvalue weighted by molar-refractivity contribution is 0.281. The highest BCUT2D eigenvalue weighted by atomic mass is 32.2. The Balaban J connectivity index is 2.32. The van der Waals surface area contributed by atoms with Gasteiger partial charge >= 0.3 is 0 Å². The summed E-state index contributed by atoms with van der Waals surface area (Å²) in [6.07, 6.45) is 2.03. The first kappa shape index (κ1) is 13.4. The molecule has 1 aliphatic rings. The summed E-state index contributed by atoms with van der Waals surface area (Å²) in [4.78, 5) is 0.305. The fourth-order valence-corrected chi connectivity index (χ4v) is 3.93. The van der Waals surface area contributed by atoms with E-state index in [-0.39, 0.29) is 0 Å². The Morgan fingerprint density at radius 3 is 2.72 bits per heavy atom. The van der Waals surface area contributed by atoms with Crippen LogP contribution in [-0.2, 0) is 10.0 Å². The summed E-state index contributed by atoms with van der Waals surface area (Å²) in [5.41, 5.74) is 7.22. The fraction of sp³-hybridized carbons (Fsp3) is 0.538. The minimum Gasteiger partial charge on any atom is -0.398 e. The summed E-state index contributed by atoms with van der Waals surface area (Å²) in [6, 6.07) is 4.96. The second kappa shape index (κ2) is 4.90. The Morgan fingerprint density at radius 1 is 1.39 bits per heavy atom. The molecule has 1 atom stereocenters. The Morgan fingerprint density at radius 2 is 2.11 bits per heavy atom. The summed E-state index contributed by atoms with van der Waals surface area (Å²) >= 11 is 0. The second-order valence-electron chi connectivity index (χ2n) is 5.13. The van der Waals surface area contributed by atoms with Crippen LogP contribution < -0.4 is 5.73 Å². The van der Waals surface area contributed by atoms with E-state index in [1.807, 2.05) is 6.92 Å². The molecule has 0 bridgehead atoms. The molecular weight excluding hydrogens is 248 g/mol. The van der Waals surface area contributed by atoms with Crippen LogP contribution in [0.1, 0.15) is 25.3 Å². The maximum atomic E-state index is 12.5. The average molecular weight is 268 g/mol. The van der Waals surface area contributed by atoms with Crippen LogP contribution >= 0.6 is 0 Å². The third kappa shape index (κ3) is 2.52. The molecule has 0 aromatic heterocycles. The molecule has 1 unspecified atom stereocenters. The number of anilines is 1. The molecule has 2 N–H and O–H groups in total. The van der Waals surface area contributed by atoms with Crippen LogP contribution in [0.25, 0.3) is 0 Å². The van der Waals surface area contributed by atoms with Gasteiger partial charge in [-0.1, -0.05) is 13.0 Å². The summed E-state index contributed by atoms with van der Waals surface area (Å²) < 4.78 is 26.5. The minimum atomic E-state index is -3.38. The van der Waals surface area contributed by atoms with E-state index in [2.05, 4.69) is 6.92 Å². The third-order valence-electron chi connectivity index (χ3n) is 3.51. The van der Waals surface area contributed by atoms with E-state index in [0.29, 0.717) is 29.6 Å². The zero-order valence-electron chi connectivity index (χ0n) is 10.9. The number of sulfonamides is 1. The normalized spacial score (nSPS) is 22.0. The molecule has 0 radical (unpaired) electrons. The van der Waals surface area contributed by atoms with Crippen molar-refractivity contribution in [3.05, 3.63) is 23.8 Å². The smallest absolute Gasteiger partial charge is 0.243 e. The van der Waals surface area contributed by atoms with Crippen molar-refractivity contribution in [1.82, 2.24) is 4.31 Å². The van der Waals surface area contributed by atoms with Gasteiger partial charge in [-0.15, -0.1) is 0 Å². The SMILES string of the molecule is Cc1ccc(S(=O)(=O)N2CCCC(C)C2)cc1N. The monoisotopic (exact) mass is 268 g/mol. The number of piperidine rings is 1. The van der Waals surface area contributed by atoms with Gasteiger partial charge in [0.05, 0.1) is 4.90 Å². The maximum Gasteiger partial charge on any atom is 0.243 e. The molecule has 2 rings (SSSR count). The van der Waals surface area contributed by atoms with E-state index in [1.165, 1.54) is 0 Å². The molecule has 1 heterocycles. The van der Waals surface area contributed by atoms with Gasteiger partial charge in [-0.05, 0) is 43.4 Å². The zero-order chi connectivity index (χ0) is 13.3. The van der Waals surface area contributed by atoms with Crippen LogP contribution in [0.2, 0.25) is 0 Å². The second-order valence-corrected chi connectivity index (χ2v) is 7.07. The zero-order valence-corrected chi connectivity index (χ0v) is 11.7. The maximum absolute atomic E-state index is 12.5. The lowest BCUT2D eigenvalue weighted by Gasteiger charge is -2.30. The standard InChI is InChI=1S/C13H20N2O2S/c1-10-4-3-7-15(9-10)18(16,17)12-6-5-11(2)13(14)8-12/h5-6,8,10H,3-4,7,9,14H2,1-2H3. The van der Waals surface area contributed by atoms with Gasteiger partial charge in [-0.3, -0.25) is 0 Å². The Kier molecular flexibility index (Phi) is 3.64. The Labute approximate surface area is 109 Å². The highest BCUT2D eigenvalue weighted by Gasteiger charge is 2.28. The lowest BCUT2D eigenvalue weighted by Crippen LogP contribution is -2.39. The van der Waals surface area contributed by atoms with E-state index in [9.17, 15) is 8.42 Å². The number of benzene rings is 1. The molecule has 18 heavy (non-hydrogen) atoms. The van der Waals surface area contributed by atoms with Crippen molar-refractivity contribution in [3.8, 4) is 0 Å². The minimum absolute atomic E-state index is 0.305. The van der Waals surface area contributed by atoms with Crippen molar-refractivity contribution in [1.29, 1.82) is 0 Å². The summed E-state index contributed by atoms with van der Waals surface area (Å²) in [5.74, 6) is 0.427. The Bertz CT molecular complexity index is 540. The number of rotatable bonds is 2. The Hall–Kier alpha value is -1.07. The fourth-order valence-electron chi connectivity index (χ4n) is 2.29. The van der Waals surface area contributed by atoms with Crippen LogP contribution in [-0.4, -0.2) is 25.8 Å². The van der Waals surface area contributed by atoms with Crippen LogP contribution in [0.15, 0.2) is 23.1 Å². The molecule has 1 saturated heterocycles. The molecular formula is C13H20N2O2S. The topological polar surface area (TPSA) is 63.4 Å². The van der Waals surface area contributed by atoms with Gasteiger partial charge in [0, 0.05) is 18.8 Å². The van der Waals surface area contributed by atoms with Crippen LogP contribution in [0.5, 0.6) is 0 Å². The van der Waals surface area contributed by atoms with E-state index in [0.717, 1.165) is 18.4 Å². The number of nitrogens with zero attached hydrogens (tertiary/aromatic N) is 1. The van der Waals surface area contributed by atoms with Gasteiger partial charge in [0.2, 0.25) is 10.0 Å². The molecule has 0 aliphatic carbocycles. The molecule has 1 aliphatic heterocycles. The molecule has 5 heteroatoms. The van der Waals surface area contributed by atoms with Gasteiger partial charge in [0.1, 0.15) is 0 Å². The number of hydrogen-bond donors (Lipinski definition) is 1. The van der Waals surface area contributed by atoms with Crippen molar-refractivity contribution in [3.63, 3.8) is 0 Å². The molecule has 4 nitrogen and oxygen atoms in total. The predicted octanol–water partition coefficient (Wildman–Crippen LogP) is 2.00. The molecule has 1 fully saturated rings. The van der Waals surface area contributed by atoms with Crippen LogP contribution in [0.4, 0.5) is 5.69 Å². The van der Waals surface area contributed by atoms with Crippen molar-refractivity contribution in [2.45, 2.75) is 31.6 Å². The number of hydrogen-bond acceptors (Lipinski definition) is 3. The first-order chi connectivity index (χ1) is 8.41. The van der Waals surface area contributed by atoms with Gasteiger partial charge in [-0.2, -0.15) is 4.31 Å². The van der Waals surface area contributed by atoms with Crippen molar-refractivity contribution < 1.29 is 8.42 Å². The molecule has 1 aromatic rings. The highest BCUT2D eigenvalue weighted by Crippen LogP contribution is 2.25. The van der Waals surface area contributed by atoms with E-state index >= 15 is 0 Å². The first-order valence-corrected chi connectivity index (χ1v) is 7.71. The summed E-state index contributed by atoms with van der Waals surface area (Å²) in [5, 5.41) is 0. The van der Waals surface area contributed by atoms with Crippen molar-refractivity contribution in [2.75, 3.05) is 18.8 Å². The van der Waals surface area contributed by atoms with Gasteiger partial charge in [0.15, 0.2) is 0 Å². The lowest BCUT2D eigenvalue weighted by atomic mass is 10.0. The highest BCUT2D eigenvalue weighted by molar-refractivity contribution is 7.89. The van der Waals surface area contributed by atoms with E-state index in [1.54, 1.807) is 22.5 Å². The van der Waals surface area contributed by atoms with E-state index < -0.39 is 10.0 Å². The van der Waals surface area contributed by atoms with E-state index in [4.69, 9.17) is 5.73 Å². The average Bonchev–Trinajstić information content (AvgIpc) is 2.32. The molecule has 0 amide bonds. The largest absolute Gasteiger partial charge is 0.398 e. The number of aryl methyl sites for hydroxylation is 1. The summed E-state index contributed by atoms with van der Waals surface area (Å²) in [7, 11) is -3.38.